The first-order chi connectivity index (χ1) is 10.8. The Morgan fingerprint density at radius 1 is 1.41 bits per heavy atom. The summed E-state index contributed by atoms with van der Waals surface area (Å²) < 4.78 is 1.16. The molecule has 0 saturated carbocycles. The van der Waals surface area contributed by atoms with Crippen molar-refractivity contribution in [1.82, 2.24) is 9.88 Å². The molecule has 118 valence electrons. The number of carbonyl (C=O) groups excluding carboxylic acids is 1. The SMILES string of the molecule is CCCCN1CCC(c2nc3ccc(NC=O)cc3s2)CC1. The molecule has 1 aromatic heterocycles. The van der Waals surface area contributed by atoms with E-state index in [9.17, 15) is 4.79 Å². The summed E-state index contributed by atoms with van der Waals surface area (Å²) in [5.41, 5.74) is 1.89. The number of hydrogen-bond acceptors (Lipinski definition) is 4. The third-order valence-electron chi connectivity index (χ3n) is 4.40. The zero-order chi connectivity index (χ0) is 15.4. The van der Waals surface area contributed by atoms with E-state index in [-0.39, 0.29) is 0 Å². The van der Waals surface area contributed by atoms with Gasteiger partial charge in [0.2, 0.25) is 6.41 Å². The average Bonchev–Trinajstić information content (AvgIpc) is 2.97. The number of rotatable bonds is 6. The summed E-state index contributed by atoms with van der Waals surface area (Å²) in [4.78, 5) is 17.9. The Morgan fingerprint density at radius 2 is 2.23 bits per heavy atom. The maximum atomic E-state index is 10.5. The summed E-state index contributed by atoms with van der Waals surface area (Å²) in [6.45, 7) is 5.88. The van der Waals surface area contributed by atoms with Gasteiger partial charge in [-0.25, -0.2) is 4.98 Å². The molecule has 0 spiro atoms. The van der Waals surface area contributed by atoms with Crippen LogP contribution < -0.4 is 5.32 Å². The van der Waals surface area contributed by atoms with Crippen molar-refractivity contribution in [3.8, 4) is 0 Å². The van der Waals surface area contributed by atoms with Crippen LogP contribution in [0.2, 0.25) is 0 Å². The minimum atomic E-state index is 0.595. The number of fused-ring (bicyclic) bond motifs is 1. The molecule has 1 amide bonds. The van der Waals surface area contributed by atoms with Crippen molar-refractivity contribution in [3.63, 3.8) is 0 Å². The molecule has 0 atom stereocenters. The van der Waals surface area contributed by atoms with Crippen molar-refractivity contribution in [2.45, 2.75) is 38.5 Å². The van der Waals surface area contributed by atoms with Gasteiger partial charge in [-0.05, 0) is 57.1 Å². The highest BCUT2D eigenvalue weighted by Gasteiger charge is 2.22. The minimum Gasteiger partial charge on any atom is -0.329 e. The summed E-state index contributed by atoms with van der Waals surface area (Å²) in [6.07, 6.45) is 5.72. The predicted molar refractivity (Wildman–Crippen MR) is 92.6 cm³/mol. The standard InChI is InChI=1S/C17H23N3OS/c1-2-3-8-20-9-6-13(7-10-20)17-19-15-5-4-14(18-12-21)11-16(15)22-17/h4-5,11-13H,2-3,6-10H2,1H3,(H,18,21). The van der Waals surface area contributed by atoms with Crippen LogP contribution in [0.4, 0.5) is 5.69 Å². The topological polar surface area (TPSA) is 45.2 Å². The van der Waals surface area contributed by atoms with Gasteiger partial charge >= 0.3 is 0 Å². The van der Waals surface area contributed by atoms with Crippen molar-refractivity contribution < 1.29 is 4.79 Å². The van der Waals surface area contributed by atoms with Crippen molar-refractivity contribution in [2.75, 3.05) is 25.0 Å². The van der Waals surface area contributed by atoms with E-state index >= 15 is 0 Å². The lowest BCUT2D eigenvalue weighted by Crippen LogP contribution is -2.33. The molecule has 1 aliphatic rings. The Hall–Kier alpha value is -1.46. The van der Waals surface area contributed by atoms with Crippen LogP contribution in [0.3, 0.4) is 0 Å². The lowest BCUT2D eigenvalue weighted by atomic mass is 9.97. The molecule has 0 radical (unpaired) electrons. The van der Waals surface area contributed by atoms with E-state index in [0.717, 1.165) is 22.3 Å². The predicted octanol–water partition coefficient (Wildman–Crippen LogP) is 3.84. The summed E-state index contributed by atoms with van der Waals surface area (Å²) in [5, 5.41) is 3.96. The van der Waals surface area contributed by atoms with Gasteiger partial charge < -0.3 is 10.2 Å². The van der Waals surface area contributed by atoms with Crippen molar-refractivity contribution in [3.05, 3.63) is 23.2 Å². The summed E-state index contributed by atoms with van der Waals surface area (Å²) in [7, 11) is 0. The minimum absolute atomic E-state index is 0.595. The Kier molecular flexibility index (Phi) is 5.05. The van der Waals surface area contributed by atoms with Crippen LogP contribution >= 0.6 is 11.3 Å². The Bertz CT molecular complexity index is 632. The number of hydrogen-bond donors (Lipinski definition) is 1. The fraction of sp³-hybridized carbons (Fsp3) is 0.529. The highest BCUT2D eigenvalue weighted by atomic mass is 32.1. The first kappa shape index (κ1) is 15.4. The molecule has 22 heavy (non-hydrogen) atoms. The van der Waals surface area contributed by atoms with Crippen LogP contribution in [0.15, 0.2) is 18.2 Å². The van der Waals surface area contributed by atoms with Gasteiger partial charge in [-0.1, -0.05) is 13.3 Å². The van der Waals surface area contributed by atoms with Gasteiger partial charge in [0.15, 0.2) is 0 Å². The van der Waals surface area contributed by atoms with Crippen molar-refractivity contribution in [1.29, 1.82) is 0 Å². The van der Waals surface area contributed by atoms with E-state index in [1.54, 1.807) is 11.3 Å². The number of nitrogens with one attached hydrogen (secondary N) is 1. The van der Waals surface area contributed by atoms with Gasteiger partial charge in [0.05, 0.1) is 15.2 Å². The first-order valence-corrected chi connectivity index (χ1v) is 8.95. The Balaban J connectivity index is 1.68. The Morgan fingerprint density at radius 3 is 2.95 bits per heavy atom. The molecule has 1 N–H and O–H groups in total. The van der Waals surface area contributed by atoms with E-state index in [2.05, 4.69) is 17.1 Å². The van der Waals surface area contributed by atoms with E-state index in [4.69, 9.17) is 4.98 Å². The molecule has 1 saturated heterocycles. The monoisotopic (exact) mass is 317 g/mol. The van der Waals surface area contributed by atoms with Gasteiger partial charge in [0.25, 0.3) is 0 Å². The number of carbonyl (C=O) groups is 1. The van der Waals surface area contributed by atoms with E-state index in [0.29, 0.717) is 5.92 Å². The second-order valence-electron chi connectivity index (χ2n) is 5.97. The number of aromatic nitrogens is 1. The summed E-state index contributed by atoms with van der Waals surface area (Å²) >= 11 is 1.78. The zero-order valence-corrected chi connectivity index (χ0v) is 13.9. The number of benzene rings is 1. The third-order valence-corrected chi connectivity index (χ3v) is 5.58. The number of unbranched alkanes of at least 4 members (excludes halogenated alkanes) is 1. The van der Waals surface area contributed by atoms with Crippen LogP contribution in [-0.4, -0.2) is 35.9 Å². The van der Waals surface area contributed by atoms with Gasteiger partial charge in [-0.2, -0.15) is 0 Å². The van der Waals surface area contributed by atoms with E-state index in [1.807, 2.05) is 18.2 Å². The highest BCUT2D eigenvalue weighted by Crippen LogP contribution is 2.34. The maximum absolute atomic E-state index is 10.5. The number of likely N-dealkylation sites (tertiary alicyclic amines) is 1. The Labute approximate surface area is 135 Å². The fourth-order valence-electron chi connectivity index (χ4n) is 3.06. The fourth-order valence-corrected chi connectivity index (χ4v) is 4.24. The molecule has 1 fully saturated rings. The summed E-state index contributed by atoms with van der Waals surface area (Å²) in [6, 6.07) is 5.92. The highest BCUT2D eigenvalue weighted by molar-refractivity contribution is 7.18. The molecule has 5 heteroatoms. The second-order valence-corrected chi connectivity index (χ2v) is 7.03. The van der Waals surface area contributed by atoms with Crippen LogP contribution in [0.1, 0.15) is 43.5 Å². The molecule has 0 aliphatic carbocycles. The summed E-state index contributed by atoms with van der Waals surface area (Å²) in [5.74, 6) is 0.595. The smallest absolute Gasteiger partial charge is 0.211 e. The van der Waals surface area contributed by atoms with E-state index < -0.39 is 0 Å². The van der Waals surface area contributed by atoms with Crippen LogP contribution in [0, 0.1) is 0 Å². The molecule has 1 aliphatic heterocycles. The number of thiazole rings is 1. The molecular weight excluding hydrogens is 294 g/mol. The molecule has 0 bridgehead atoms. The lowest BCUT2D eigenvalue weighted by Gasteiger charge is -2.30. The lowest BCUT2D eigenvalue weighted by molar-refractivity contribution is -0.105. The third kappa shape index (κ3) is 3.47. The molecular formula is C17H23N3OS. The van der Waals surface area contributed by atoms with Gasteiger partial charge in [0.1, 0.15) is 0 Å². The molecule has 3 rings (SSSR count). The van der Waals surface area contributed by atoms with Gasteiger partial charge in [-0.3, -0.25) is 4.79 Å². The van der Waals surface area contributed by atoms with Crippen molar-refractivity contribution in [2.24, 2.45) is 0 Å². The average molecular weight is 317 g/mol. The van der Waals surface area contributed by atoms with Crippen molar-refractivity contribution >= 4 is 33.7 Å². The normalized spacial score (nSPS) is 17.0. The first-order valence-electron chi connectivity index (χ1n) is 8.13. The molecule has 2 heterocycles. The molecule has 0 unspecified atom stereocenters. The van der Waals surface area contributed by atoms with Crippen LogP contribution in [-0.2, 0) is 4.79 Å². The van der Waals surface area contributed by atoms with Gasteiger partial charge in [-0.15, -0.1) is 11.3 Å². The number of anilines is 1. The zero-order valence-electron chi connectivity index (χ0n) is 13.0. The van der Waals surface area contributed by atoms with Gasteiger partial charge in [0, 0.05) is 11.6 Å². The second kappa shape index (κ2) is 7.20. The molecule has 4 nitrogen and oxygen atoms in total. The maximum Gasteiger partial charge on any atom is 0.211 e. The van der Waals surface area contributed by atoms with Crippen LogP contribution in [0.25, 0.3) is 10.2 Å². The largest absolute Gasteiger partial charge is 0.329 e. The molecule has 1 aromatic carbocycles. The quantitative estimate of drug-likeness (QED) is 0.823. The van der Waals surface area contributed by atoms with Crippen LogP contribution in [0.5, 0.6) is 0 Å². The number of piperidine rings is 1. The van der Waals surface area contributed by atoms with E-state index in [1.165, 1.54) is 50.3 Å². The number of nitrogens with zero attached hydrogens (tertiary/aromatic N) is 2. The number of amides is 1. The molecule has 2 aromatic rings.